The lowest BCUT2D eigenvalue weighted by Crippen LogP contribution is -2.19. The van der Waals surface area contributed by atoms with Crippen LogP contribution in [0.1, 0.15) is 48.8 Å². The van der Waals surface area contributed by atoms with Crippen molar-refractivity contribution < 1.29 is 4.79 Å². The number of benzene rings is 2. The van der Waals surface area contributed by atoms with E-state index in [0.717, 1.165) is 28.3 Å². The number of nitrogens with one attached hydrogen (secondary N) is 1. The average molecular weight is 444 g/mol. The van der Waals surface area contributed by atoms with Crippen molar-refractivity contribution in [2.24, 2.45) is 4.99 Å². The van der Waals surface area contributed by atoms with Crippen LogP contribution in [0.25, 0.3) is 11.8 Å². The number of nitrogens with zero attached hydrogens (tertiary/aromatic N) is 2. The van der Waals surface area contributed by atoms with Crippen molar-refractivity contribution in [1.29, 1.82) is 0 Å². The maximum atomic E-state index is 12.5. The molecule has 1 aliphatic heterocycles. The van der Waals surface area contributed by atoms with Crippen LogP contribution in [0.3, 0.4) is 0 Å². The maximum Gasteiger partial charge on any atom is 0.264 e. The van der Waals surface area contributed by atoms with Gasteiger partial charge in [0.1, 0.15) is 0 Å². The van der Waals surface area contributed by atoms with E-state index >= 15 is 0 Å². The van der Waals surface area contributed by atoms with Gasteiger partial charge in [-0.15, -0.1) is 0 Å². The zero-order valence-electron chi connectivity index (χ0n) is 19.5. The molecule has 2 aromatic carbocycles. The van der Waals surface area contributed by atoms with E-state index in [1.54, 1.807) is 0 Å². The third-order valence-corrected chi connectivity index (χ3v) is 6.57. The highest BCUT2D eigenvalue weighted by atomic mass is 32.2. The summed E-state index contributed by atoms with van der Waals surface area (Å²) < 4.78 is 2.23. The minimum absolute atomic E-state index is 0.111. The van der Waals surface area contributed by atoms with Gasteiger partial charge in [-0.25, -0.2) is 4.99 Å². The molecule has 0 aliphatic carbocycles. The Labute approximate surface area is 194 Å². The van der Waals surface area contributed by atoms with Gasteiger partial charge in [-0.1, -0.05) is 50.6 Å². The van der Waals surface area contributed by atoms with Crippen LogP contribution in [0.2, 0.25) is 0 Å². The predicted octanol–water partition coefficient (Wildman–Crippen LogP) is 6.59. The van der Waals surface area contributed by atoms with Gasteiger partial charge >= 0.3 is 0 Å². The quantitative estimate of drug-likeness (QED) is 0.464. The van der Waals surface area contributed by atoms with Crippen LogP contribution in [0.4, 0.5) is 5.69 Å². The molecule has 1 fully saturated rings. The Morgan fingerprint density at radius 2 is 1.62 bits per heavy atom. The summed E-state index contributed by atoms with van der Waals surface area (Å²) in [6, 6.07) is 18.8. The van der Waals surface area contributed by atoms with Gasteiger partial charge in [0.25, 0.3) is 5.91 Å². The molecule has 1 amide bonds. The van der Waals surface area contributed by atoms with E-state index in [9.17, 15) is 4.79 Å². The first-order valence-electron chi connectivity index (χ1n) is 10.8. The van der Waals surface area contributed by atoms with E-state index in [0.29, 0.717) is 10.1 Å². The molecule has 1 N–H and O–H groups in total. The number of hydrogen-bond donors (Lipinski definition) is 1. The van der Waals surface area contributed by atoms with Crippen molar-refractivity contribution in [3.05, 3.63) is 87.6 Å². The number of aliphatic imine (C=N–C) groups is 1. The number of hydrogen-bond acceptors (Lipinski definition) is 3. The molecule has 0 spiro atoms. The molecule has 1 saturated heterocycles. The lowest BCUT2D eigenvalue weighted by atomic mass is 9.87. The molecular weight excluding hydrogens is 414 g/mol. The van der Waals surface area contributed by atoms with E-state index in [-0.39, 0.29) is 11.3 Å². The number of amidine groups is 1. The molecule has 2 heterocycles. The fraction of sp³-hybridized carbons (Fsp3) is 0.259. The molecule has 32 heavy (non-hydrogen) atoms. The van der Waals surface area contributed by atoms with Crippen molar-refractivity contribution in [2.45, 2.75) is 47.0 Å². The second-order valence-corrected chi connectivity index (χ2v) is 10.3. The monoisotopic (exact) mass is 443 g/mol. The van der Waals surface area contributed by atoms with Gasteiger partial charge < -0.3 is 9.88 Å². The number of rotatable bonds is 3. The maximum absolute atomic E-state index is 12.5. The Balaban J connectivity index is 1.61. The predicted molar refractivity (Wildman–Crippen MR) is 136 cm³/mol. The molecule has 164 valence electrons. The topological polar surface area (TPSA) is 46.4 Å². The number of aromatic nitrogens is 1. The first-order valence-corrected chi connectivity index (χ1v) is 11.6. The van der Waals surface area contributed by atoms with Crippen molar-refractivity contribution in [3.8, 4) is 5.69 Å². The lowest BCUT2D eigenvalue weighted by molar-refractivity contribution is -0.115. The van der Waals surface area contributed by atoms with Crippen LogP contribution >= 0.6 is 11.8 Å². The van der Waals surface area contributed by atoms with Crippen molar-refractivity contribution in [3.63, 3.8) is 0 Å². The van der Waals surface area contributed by atoms with E-state index in [1.807, 2.05) is 37.3 Å². The van der Waals surface area contributed by atoms with Crippen molar-refractivity contribution >= 4 is 34.6 Å². The van der Waals surface area contributed by atoms with E-state index in [2.05, 4.69) is 79.8 Å². The standard InChI is InChI=1S/C27H29N3OS/c1-17-7-11-22(12-8-17)28-26-29-25(31)24(32-26)16-20-15-18(2)30(19(20)3)23-13-9-21(10-14-23)27(4,5)6/h7-16H,1-6H3,(H,28,29,31)/b24-16-. The van der Waals surface area contributed by atoms with Gasteiger partial charge in [-0.2, -0.15) is 0 Å². The van der Waals surface area contributed by atoms with E-state index < -0.39 is 0 Å². The summed E-state index contributed by atoms with van der Waals surface area (Å²) in [7, 11) is 0. The van der Waals surface area contributed by atoms with Crippen molar-refractivity contribution in [1.82, 2.24) is 9.88 Å². The van der Waals surface area contributed by atoms with Gasteiger partial charge in [0.15, 0.2) is 5.17 Å². The van der Waals surface area contributed by atoms with Gasteiger partial charge in [-0.05, 0) is 85.5 Å². The molecule has 0 atom stereocenters. The Hall–Kier alpha value is -3.05. The number of aryl methyl sites for hydroxylation is 2. The number of carbonyl (C=O) groups is 1. The average Bonchev–Trinajstić information content (AvgIpc) is 3.21. The second-order valence-electron chi connectivity index (χ2n) is 9.28. The molecule has 5 heteroatoms. The highest BCUT2D eigenvalue weighted by Gasteiger charge is 2.24. The van der Waals surface area contributed by atoms with Crippen molar-refractivity contribution in [2.75, 3.05) is 0 Å². The summed E-state index contributed by atoms with van der Waals surface area (Å²) >= 11 is 1.38. The molecule has 0 radical (unpaired) electrons. The Bertz CT molecular complexity index is 1220. The summed E-state index contributed by atoms with van der Waals surface area (Å²) in [5.41, 5.74) is 7.85. The number of amides is 1. The van der Waals surface area contributed by atoms with Crippen LogP contribution in [0.15, 0.2) is 64.5 Å². The smallest absolute Gasteiger partial charge is 0.264 e. The Kier molecular flexibility index (Phi) is 5.87. The second kappa shape index (κ2) is 8.47. The van der Waals surface area contributed by atoms with Gasteiger partial charge in [0, 0.05) is 17.1 Å². The number of thioether (sulfide) groups is 1. The highest BCUT2D eigenvalue weighted by molar-refractivity contribution is 8.18. The summed E-state index contributed by atoms with van der Waals surface area (Å²) in [5.74, 6) is -0.111. The highest BCUT2D eigenvalue weighted by Crippen LogP contribution is 2.31. The van der Waals surface area contributed by atoms with Crippen LogP contribution in [-0.4, -0.2) is 15.6 Å². The van der Waals surface area contributed by atoms with Gasteiger partial charge in [-0.3, -0.25) is 4.79 Å². The minimum atomic E-state index is -0.111. The Morgan fingerprint density at radius 1 is 0.969 bits per heavy atom. The molecular formula is C27H29N3OS. The minimum Gasteiger partial charge on any atom is -0.318 e. The molecule has 1 aliphatic rings. The fourth-order valence-electron chi connectivity index (χ4n) is 3.80. The van der Waals surface area contributed by atoms with Crippen LogP contribution in [0, 0.1) is 20.8 Å². The fourth-order valence-corrected chi connectivity index (χ4v) is 4.63. The SMILES string of the molecule is Cc1ccc(N=C2NC(=O)/C(=C/c3cc(C)n(-c4ccc(C(C)(C)C)cc4)c3C)S2)cc1. The summed E-state index contributed by atoms with van der Waals surface area (Å²) in [5, 5.41) is 3.49. The van der Waals surface area contributed by atoms with Crippen LogP contribution < -0.4 is 5.32 Å². The van der Waals surface area contributed by atoms with E-state index in [1.165, 1.54) is 22.9 Å². The molecule has 1 aromatic heterocycles. The first kappa shape index (κ1) is 22.2. The molecule has 4 rings (SSSR count). The summed E-state index contributed by atoms with van der Waals surface area (Å²) in [6.07, 6.45) is 1.96. The molecule has 0 bridgehead atoms. The largest absolute Gasteiger partial charge is 0.318 e. The van der Waals surface area contributed by atoms with Gasteiger partial charge in [0.05, 0.1) is 10.6 Å². The summed E-state index contributed by atoms with van der Waals surface area (Å²) in [4.78, 5) is 17.8. The molecule has 3 aromatic rings. The molecule has 4 nitrogen and oxygen atoms in total. The van der Waals surface area contributed by atoms with E-state index in [4.69, 9.17) is 0 Å². The first-order chi connectivity index (χ1) is 15.1. The molecule has 0 unspecified atom stereocenters. The number of carbonyl (C=O) groups excluding carboxylic acids is 1. The van der Waals surface area contributed by atoms with Crippen LogP contribution in [-0.2, 0) is 10.2 Å². The molecule has 0 saturated carbocycles. The summed E-state index contributed by atoms with van der Waals surface area (Å²) in [6.45, 7) is 12.9. The zero-order valence-corrected chi connectivity index (χ0v) is 20.3. The third-order valence-electron chi connectivity index (χ3n) is 5.66. The Morgan fingerprint density at radius 3 is 2.25 bits per heavy atom. The third kappa shape index (κ3) is 4.58. The normalized spacial score (nSPS) is 16.8. The lowest BCUT2D eigenvalue weighted by Gasteiger charge is -2.20. The van der Waals surface area contributed by atoms with Gasteiger partial charge in [0.2, 0.25) is 0 Å². The van der Waals surface area contributed by atoms with Crippen LogP contribution in [0.5, 0.6) is 0 Å². The zero-order chi connectivity index (χ0) is 23.0.